The van der Waals surface area contributed by atoms with Gasteiger partial charge in [-0.25, -0.2) is 4.57 Å². The standard InChI is InChI=1S/C34H33N2/c1-23(2)31-20-29(27-15-10-14-26(19-27)25-11-6-5-7-12-25)21-32(24(3)4)33(31)36-18-17-35-22-28-13-8-9-16-30(28)34(35)36/h5-21,23-24H,22H2,1-4H3/q+1. The molecule has 1 aliphatic heterocycles. The zero-order chi connectivity index (χ0) is 24.8. The van der Waals surface area contributed by atoms with E-state index in [2.05, 4.69) is 140 Å². The molecule has 0 saturated carbocycles. The van der Waals surface area contributed by atoms with E-state index in [0.717, 1.165) is 6.54 Å². The van der Waals surface area contributed by atoms with Crippen molar-refractivity contribution in [2.24, 2.45) is 0 Å². The first-order valence-corrected chi connectivity index (χ1v) is 13.0. The van der Waals surface area contributed by atoms with Crippen molar-refractivity contribution in [3.05, 3.63) is 120 Å². The fourth-order valence-corrected chi connectivity index (χ4v) is 5.59. The molecule has 2 heterocycles. The van der Waals surface area contributed by atoms with Crippen LogP contribution in [0.2, 0.25) is 0 Å². The van der Waals surface area contributed by atoms with Crippen molar-refractivity contribution in [3.8, 4) is 39.3 Å². The molecule has 6 rings (SSSR count). The van der Waals surface area contributed by atoms with Crippen LogP contribution in [0.5, 0.6) is 0 Å². The summed E-state index contributed by atoms with van der Waals surface area (Å²) in [5.74, 6) is 2.08. The normalized spacial score (nSPS) is 12.3. The summed E-state index contributed by atoms with van der Waals surface area (Å²) in [6.45, 7) is 10.2. The zero-order valence-corrected chi connectivity index (χ0v) is 21.6. The van der Waals surface area contributed by atoms with Gasteiger partial charge in [-0.15, -0.1) is 0 Å². The summed E-state index contributed by atoms with van der Waals surface area (Å²) in [5.41, 5.74) is 11.9. The third-order valence-electron chi connectivity index (χ3n) is 7.45. The second kappa shape index (κ2) is 8.95. The van der Waals surface area contributed by atoms with Crippen LogP contribution in [0.25, 0.3) is 39.3 Å². The predicted molar refractivity (Wildman–Crippen MR) is 150 cm³/mol. The highest BCUT2D eigenvalue weighted by Gasteiger charge is 2.32. The van der Waals surface area contributed by atoms with Crippen molar-refractivity contribution < 1.29 is 4.57 Å². The topological polar surface area (TPSA) is 8.81 Å². The number of hydrogen-bond acceptors (Lipinski definition) is 0. The monoisotopic (exact) mass is 469 g/mol. The molecule has 5 aromatic rings. The van der Waals surface area contributed by atoms with Gasteiger partial charge in [0.25, 0.3) is 5.82 Å². The smallest absolute Gasteiger partial charge is 0.225 e. The molecule has 0 radical (unpaired) electrons. The van der Waals surface area contributed by atoms with Crippen LogP contribution in [0.15, 0.2) is 103 Å². The number of benzene rings is 4. The molecule has 0 N–H and O–H groups in total. The summed E-state index contributed by atoms with van der Waals surface area (Å²) in [7, 11) is 0. The minimum Gasteiger partial charge on any atom is -0.225 e. The second-order valence-corrected chi connectivity index (χ2v) is 10.5. The highest BCUT2D eigenvalue weighted by Crippen LogP contribution is 2.39. The van der Waals surface area contributed by atoms with Crippen LogP contribution in [0.4, 0.5) is 0 Å². The first-order valence-electron chi connectivity index (χ1n) is 13.0. The number of rotatable bonds is 5. The zero-order valence-electron chi connectivity index (χ0n) is 21.6. The van der Waals surface area contributed by atoms with Gasteiger partial charge in [0.05, 0.1) is 5.56 Å². The van der Waals surface area contributed by atoms with Gasteiger partial charge < -0.3 is 0 Å². The van der Waals surface area contributed by atoms with E-state index in [1.807, 2.05) is 0 Å². The molecule has 4 aromatic carbocycles. The molecule has 0 saturated heterocycles. The molecular formula is C34H33N2+. The third-order valence-corrected chi connectivity index (χ3v) is 7.45. The lowest BCUT2D eigenvalue weighted by Crippen LogP contribution is -2.30. The van der Waals surface area contributed by atoms with Gasteiger partial charge in [-0.1, -0.05) is 94.4 Å². The number of hydrogen-bond donors (Lipinski definition) is 0. The molecule has 0 spiro atoms. The van der Waals surface area contributed by atoms with Crippen LogP contribution in [-0.2, 0) is 6.54 Å². The van der Waals surface area contributed by atoms with Crippen molar-refractivity contribution >= 4 is 0 Å². The summed E-state index contributed by atoms with van der Waals surface area (Å²) < 4.78 is 4.83. The SMILES string of the molecule is CC(C)c1cc(-c2cccc(-c3ccccc3)c2)cc(C(C)C)c1-n1cc[n+]2c1-c1ccccc1C2. The Bertz CT molecular complexity index is 1520. The van der Waals surface area contributed by atoms with E-state index < -0.39 is 0 Å². The molecule has 1 aliphatic rings. The summed E-state index contributed by atoms with van der Waals surface area (Å²) in [6.07, 6.45) is 4.49. The first-order chi connectivity index (χ1) is 17.5. The molecule has 178 valence electrons. The number of imidazole rings is 1. The number of aromatic nitrogens is 2. The van der Waals surface area contributed by atoms with Crippen molar-refractivity contribution in [1.82, 2.24) is 4.57 Å². The molecule has 0 amide bonds. The molecule has 2 nitrogen and oxygen atoms in total. The summed E-state index contributed by atoms with van der Waals surface area (Å²) >= 11 is 0. The molecule has 0 fully saturated rings. The van der Waals surface area contributed by atoms with Gasteiger partial charge >= 0.3 is 0 Å². The lowest BCUT2D eigenvalue weighted by atomic mass is 9.87. The maximum absolute atomic E-state index is 2.45. The van der Waals surface area contributed by atoms with Gasteiger partial charge in [0.1, 0.15) is 24.6 Å². The van der Waals surface area contributed by atoms with E-state index in [1.54, 1.807) is 0 Å². The summed E-state index contributed by atoms with van der Waals surface area (Å²) in [5, 5.41) is 0. The minimum atomic E-state index is 0.398. The van der Waals surface area contributed by atoms with E-state index in [0.29, 0.717) is 11.8 Å². The first kappa shape index (κ1) is 22.5. The largest absolute Gasteiger partial charge is 0.294 e. The quantitative estimate of drug-likeness (QED) is 0.224. The Labute approximate surface area is 214 Å². The number of fused-ring (bicyclic) bond motifs is 3. The Morgan fingerprint density at radius 2 is 1.25 bits per heavy atom. The Hall–Kier alpha value is -3.91. The maximum atomic E-state index is 2.45. The second-order valence-electron chi connectivity index (χ2n) is 10.5. The van der Waals surface area contributed by atoms with Crippen LogP contribution in [-0.4, -0.2) is 4.57 Å². The fourth-order valence-electron chi connectivity index (χ4n) is 5.59. The van der Waals surface area contributed by atoms with Crippen molar-refractivity contribution in [3.63, 3.8) is 0 Å². The minimum absolute atomic E-state index is 0.398. The van der Waals surface area contributed by atoms with Crippen molar-refractivity contribution in [2.45, 2.75) is 46.1 Å². The summed E-state index contributed by atoms with van der Waals surface area (Å²) in [4.78, 5) is 0. The predicted octanol–water partition coefficient (Wildman–Crippen LogP) is 8.37. The fraction of sp³-hybridized carbons (Fsp3) is 0.206. The van der Waals surface area contributed by atoms with Crippen LogP contribution in [0.3, 0.4) is 0 Å². The van der Waals surface area contributed by atoms with Gasteiger partial charge in [-0.3, -0.25) is 0 Å². The Morgan fingerprint density at radius 1 is 0.639 bits per heavy atom. The molecule has 0 atom stereocenters. The molecular weight excluding hydrogens is 436 g/mol. The van der Waals surface area contributed by atoms with Crippen LogP contribution in [0, 0.1) is 0 Å². The maximum Gasteiger partial charge on any atom is 0.294 e. The average molecular weight is 470 g/mol. The van der Waals surface area contributed by atoms with Gasteiger partial charge in [-0.05, 0) is 58.4 Å². The summed E-state index contributed by atoms with van der Waals surface area (Å²) in [6, 6.07) is 33.3. The van der Waals surface area contributed by atoms with E-state index >= 15 is 0 Å². The molecule has 1 aromatic heterocycles. The third kappa shape index (κ3) is 3.78. The van der Waals surface area contributed by atoms with Crippen molar-refractivity contribution in [1.29, 1.82) is 0 Å². The van der Waals surface area contributed by atoms with E-state index in [4.69, 9.17) is 0 Å². The molecule has 0 aliphatic carbocycles. The molecule has 36 heavy (non-hydrogen) atoms. The Kier molecular flexibility index (Phi) is 5.60. The van der Waals surface area contributed by atoms with E-state index in [1.165, 1.54) is 56.0 Å². The Morgan fingerprint density at radius 3 is 1.94 bits per heavy atom. The Balaban J connectivity index is 1.55. The van der Waals surface area contributed by atoms with E-state index in [-0.39, 0.29) is 0 Å². The van der Waals surface area contributed by atoms with Gasteiger partial charge in [0, 0.05) is 16.7 Å². The molecule has 0 bridgehead atoms. The van der Waals surface area contributed by atoms with Gasteiger partial charge in [0.15, 0.2) is 0 Å². The van der Waals surface area contributed by atoms with Crippen molar-refractivity contribution in [2.75, 3.05) is 0 Å². The highest BCUT2D eigenvalue weighted by atomic mass is 15.2. The van der Waals surface area contributed by atoms with Gasteiger partial charge in [0.2, 0.25) is 0 Å². The lowest BCUT2D eigenvalue weighted by molar-refractivity contribution is -0.671. The van der Waals surface area contributed by atoms with Crippen LogP contribution in [0.1, 0.15) is 56.2 Å². The lowest BCUT2D eigenvalue weighted by Gasteiger charge is -2.20. The van der Waals surface area contributed by atoms with Crippen LogP contribution >= 0.6 is 0 Å². The van der Waals surface area contributed by atoms with Gasteiger partial charge in [-0.2, -0.15) is 4.57 Å². The average Bonchev–Trinajstić information content (AvgIpc) is 3.48. The molecule has 0 unspecified atom stereocenters. The number of nitrogens with zero attached hydrogens (tertiary/aromatic N) is 2. The highest BCUT2D eigenvalue weighted by molar-refractivity contribution is 5.76. The molecule has 2 heteroatoms. The van der Waals surface area contributed by atoms with Crippen LogP contribution < -0.4 is 4.57 Å². The van der Waals surface area contributed by atoms with E-state index in [9.17, 15) is 0 Å².